The molecule has 0 atom stereocenters. The zero-order chi connectivity index (χ0) is 19.4. The topological polar surface area (TPSA) is 97.8 Å². The molecule has 2 heterocycles. The van der Waals surface area contributed by atoms with Gasteiger partial charge in [-0.3, -0.25) is 11.7 Å². The Kier molecular flexibility index (Phi) is 9.18. The van der Waals surface area contributed by atoms with Crippen LogP contribution in [0.25, 0.3) is 0 Å². The van der Waals surface area contributed by atoms with Gasteiger partial charge < -0.3 is 31.6 Å². The summed E-state index contributed by atoms with van der Waals surface area (Å²) in [4.78, 5) is 23.4. The van der Waals surface area contributed by atoms with Crippen LogP contribution in [0, 0.1) is 13.8 Å². The summed E-state index contributed by atoms with van der Waals surface area (Å²) in [5, 5.41) is 9.09. The Morgan fingerprint density at radius 1 is 1.42 bits per heavy atom. The summed E-state index contributed by atoms with van der Waals surface area (Å²) in [5.74, 6) is -2.75. The van der Waals surface area contributed by atoms with Crippen LogP contribution in [0.5, 0.6) is 5.88 Å². The van der Waals surface area contributed by atoms with Crippen LogP contribution in [0.1, 0.15) is 12.5 Å². The number of ether oxygens (including phenoxy) is 2. The van der Waals surface area contributed by atoms with Gasteiger partial charge in [0.15, 0.2) is 17.4 Å². The number of carbonyl (C=O) groups is 2. The summed E-state index contributed by atoms with van der Waals surface area (Å²) in [5.41, 5.74) is -2.02. The van der Waals surface area contributed by atoms with E-state index in [9.17, 15) is 18.0 Å². The fraction of sp³-hybridized carbons (Fsp3) is 0.357. The molecule has 1 aromatic heterocycles. The number of halogens is 4. The molecule has 2 N–H and O–H groups in total. The maximum absolute atomic E-state index is 13.0. The van der Waals surface area contributed by atoms with Crippen LogP contribution >= 0.6 is 11.6 Å². The maximum Gasteiger partial charge on any atom is 0.421 e. The van der Waals surface area contributed by atoms with Crippen molar-refractivity contribution in [2.24, 2.45) is 0 Å². The number of amides is 1. The van der Waals surface area contributed by atoms with Gasteiger partial charge in [0, 0.05) is 32.7 Å². The van der Waals surface area contributed by atoms with Crippen molar-refractivity contribution < 1.29 is 70.0 Å². The van der Waals surface area contributed by atoms with Gasteiger partial charge in [-0.2, -0.15) is 18.2 Å². The number of hydrogen-bond acceptors (Lipinski definition) is 5. The third kappa shape index (κ3) is 7.57. The summed E-state index contributed by atoms with van der Waals surface area (Å²) in [6.45, 7) is 7.48. The Hall–Kier alpha value is -1.23. The van der Waals surface area contributed by atoms with Crippen LogP contribution in [0.15, 0.2) is 6.07 Å². The molecule has 143 valence electrons. The molecule has 0 bridgehead atoms. The van der Waals surface area contributed by atoms with E-state index in [2.05, 4.69) is 24.1 Å². The zero-order valence-electron chi connectivity index (χ0n) is 13.5. The van der Waals surface area contributed by atoms with Crippen molar-refractivity contribution in [2.75, 3.05) is 18.5 Å². The second kappa shape index (κ2) is 9.63. The van der Waals surface area contributed by atoms with Gasteiger partial charge in [0.2, 0.25) is 5.88 Å². The van der Waals surface area contributed by atoms with Crippen LogP contribution < -0.4 is 10.1 Å². The van der Waals surface area contributed by atoms with Crippen molar-refractivity contribution in [3.05, 3.63) is 30.5 Å². The van der Waals surface area contributed by atoms with Crippen molar-refractivity contribution in [3.63, 3.8) is 0 Å². The molecule has 0 aromatic carbocycles. The summed E-state index contributed by atoms with van der Waals surface area (Å²) >= 11 is 5.69. The largest absolute Gasteiger partial charge is 0.503 e. The number of alkyl halides is 3. The number of aliphatic carboxylic acids is 1. The molecule has 26 heavy (non-hydrogen) atoms. The van der Waals surface area contributed by atoms with Crippen LogP contribution in [0.3, 0.4) is 0 Å². The third-order valence-corrected chi connectivity index (χ3v) is 2.95. The van der Waals surface area contributed by atoms with Gasteiger partial charge in [-0.15, -0.1) is 0 Å². The van der Waals surface area contributed by atoms with Crippen LogP contribution in [0.2, 0.25) is 5.02 Å². The number of aromatic nitrogens is 1. The molecule has 2 rings (SSSR count). The van der Waals surface area contributed by atoms with Gasteiger partial charge in [-0.25, -0.2) is 0 Å². The molecule has 1 aliphatic heterocycles. The molecule has 0 saturated carbocycles. The molecule has 1 aliphatic rings. The summed E-state index contributed by atoms with van der Waals surface area (Å²) in [7, 11) is 0. The number of pyridine rings is 1. The zero-order valence-corrected chi connectivity index (χ0v) is 17.1. The normalized spacial score (nSPS) is 14.7. The Morgan fingerprint density at radius 3 is 2.27 bits per heavy atom. The Balaban J connectivity index is 0.00000113. The molecule has 0 spiro atoms. The monoisotopic (exact) mass is 471 g/mol. The first-order chi connectivity index (χ1) is 11.3. The van der Waals surface area contributed by atoms with Crippen molar-refractivity contribution in [1.82, 2.24) is 4.98 Å². The standard InChI is InChI=1S/C12H11ClF3N2O3.C2H3O2.Y/c1-6(19)17-9-8(13)3-7(12(14,15)16)10(18-9)21-11(2)4-20-5-11;1-2(3)4;/h3H,1,4-5H2,2H3,(H,17,18,19);1H2,(H,3,4);/q2*-1;. The number of hydrogen-bond donors (Lipinski definition) is 2. The average Bonchev–Trinajstić information content (AvgIpc) is 2.38. The first-order valence-electron chi connectivity index (χ1n) is 6.56. The number of carboxylic acid groups (broad SMARTS) is 1. The quantitative estimate of drug-likeness (QED) is 0.658. The van der Waals surface area contributed by atoms with Crippen molar-refractivity contribution in [1.29, 1.82) is 0 Å². The summed E-state index contributed by atoms with van der Waals surface area (Å²) in [6, 6.07) is 0.651. The minimum absolute atomic E-state index is 0. The van der Waals surface area contributed by atoms with Gasteiger partial charge in [0.05, 0.1) is 24.1 Å². The van der Waals surface area contributed by atoms with E-state index in [0.29, 0.717) is 6.07 Å². The molecule has 0 aliphatic carbocycles. The molecule has 0 unspecified atom stereocenters. The second-order valence-electron chi connectivity index (χ2n) is 5.16. The molecular weight excluding hydrogens is 458 g/mol. The smallest absolute Gasteiger partial charge is 0.421 e. The number of carboxylic acids is 1. The van der Waals surface area contributed by atoms with E-state index < -0.39 is 35.1 Å². The second-order valence-corrected chi connectivity index (χ2v) is 5.56. The van der Waals surface area contributed by atoms with Crippen LogP contribution in [-0.2, 0) is 53.2 Å². The van der Waals surface area contributed by atoms with Crippen LogP contribution in [0.4, 0.5) is 19.0 Å². The molecule has 1 fully saturated rings. The molecule has 1 saturated heterocycles. The van der Waals surface area contributed by atoms with E-state index >= 15 is 0 Å². The summed E-state index contributed by atoms with van der Waals surface area (Å²) < 4.78 is 49.2. The summed E-state index contributed by atoms with van der Waals surface area (Å²) in [6.07, 6.45) is -4.69. The number of anilines is 1. The van der Waals surface area contributed by atoms with E-state index in [1.807, 2.05) is 0 Å². The first-order valence-corrected chi connectivity index (χ1v) is 6.94. The van der Waals surface area contributed by atoms with Gasteiger partial charge >= 0.3 is 6.18 Å². The number of nitrogens with one attached hydrogen (secondary N) is 1. The predicted octanol–water partition coefficient (Wildman–Crippen LogP) is 2.60. The Bertz CT molecular complexity index is 665. The molecule has 1 radical (unpaired) electrons. The van der Waals surface area contributed by atoms with Crippen molar-refractivity contribution >= 4 is 29.3 Å². The SMILES string of the molecule is [CH2-]C(=O)Nc1nc(OC2(C)COC2)c(C(F)(F)F)cc1Cl.[CH2-]C(=O)O.[Y]. The average molecular weight is 472 g/mol. The Morgan fingerprint density at radius 2 is 1.92 bits per heavy atom. The minimum atomic E-state index is -4.69. The van der Waals surface area contributed by atoms with Gasteiger partial charge in [0.25, 0.3) is 0 Å². The van der Waals surface area contributed by atoms with E-state index in [1.165, 1.54) is 0 Å². The fourth-order valence-electron chi connectivity index (χ4n) is 1.65. The van der Waals surface area contributed by atoms with E-state index in [4.69, 9.17) is 31.0 Å². The maximum atomic E-state index is 13.0. The molecular formula is C14H14ClF3N2O5Y-2. The van der Waals surface area contributed by atoms with E-state index in [1.54, 1.807) is 6.92 Å². The molecule has 7 nitrogen and oxygen atoms in total. The van der Waals surface area contributed by atoms with Gasteiger partial charge in [-0.05, 0) is 13.0 Å². The Labute approximate surface area is 177 Å². The van der Waals surface area contributed by atoms with Crippen molar-refractivity contribution in [3.8, 4) is 5.88 Å². The predicted molar refractivity (Wildman–Crippen MR) is 81.1 cm³/mol. The number of rotatable bonds is 3. The van der Waals surface area contributed by atoms with E-state index in [-0.39, 0.29) is 56.8 Å². The number of carbonyl (C=O) groups excluding carboxylic acids is 1. The first kappa shape index (κ1) is 24.8. The molecule has 1 aromatic rings. The minimum Gasteiger partial charge on any atom is -0.503 e. The van der Waals surface area contributed by atoms with Crippen LogP contribution in [-0.4, -0.2) is 40.8 Å². The van der Waals surface area contributed by atoms with Crippen molar-refractivity contribution in [2.45, 2.75) is 18.7 Å². The third-order valence-electron chi connectivity index (χ3n) is 2.66. The molecule has 12 heteroatoms. The fourth-order valence-corrected chi connectivity index (χ4v) is 1.85. The van der Waals surface area contributed by atoms with Gasteiger partial charge in [0.1, 0.15) is 5.56 Å². The van der Waals surface area contributed by atoms with E-state index in [0.717, 1.165) is 0 Å². The molecule has 1 amide bonds. The number of nitrogens with zero attached hydrogens (tertiary/aromatic N) is 1. The van der Waals surface area contributed by atoms with Gasteiger partial charge in [-0.1, -0.05) is 11.6 Å².